The van der Waals surface area contributed by atoms with E-state index in [0.717, 1.165) is 6.92 Å². The minimum Gasteiger partial charge on any atom is -0.463 e. The highest BCUT2D eigenvalue weighted by atomic mass is 16.8. The summed E-state index contributed by atoms with van der Waals surface area (Å²) in [6.07, 6.45) is -32.8. The van der Waals surface area contributed by atoms with Crippen molar-refractivity contribution in [1.29, 1.82) is 0 Å². The van der Waals surface area contributed by atoms with Gasteiger partial charge in [-0.3, -0.25) is 4.79 Å². The molecule has 14 N–H and O–H groups in total. The molecular weight excluding hydrogens is 662 g/mol. The summed E-state index contributed by atoms with van der Waals surface area (Å²) in [6.45, 7) is -1.78. The quantitative estimate of drug-likeness (QED) is 0.0886. The van der Waals surface area contributed by atoms with Crippen molar-refractivity contribution in [3.05, 3.63) is 0 Å². The number of nitrogens with two attached hydrogens (primary N) is 1. The molecule has 4 fully saturated rings. The zero-order chi connectivity index (χ0) is 35.6. The van der Waals surface area contributed by atoms with Gasteiger partial charge in [-0.25, -0.2) is 0 Å². The molecule has 0 radical (unpaired) electrons. The molecular formula is C26H45NO21. The molecule has 0 unspecified atom stereocenters. The number of hydrogen-bond acceptors (Lipinski definition) is 22. The van der Waals surface area contributed by atoms with Crippen molar-refractivity contribution in [2.24, 2.45) is 5.73 Å². The Morgan fingerprint density at radius 2 is 1.00 bits per heavy atom. The molecule has 4 aliphatic heterocycles. The summed E-state index contributed by atoms with van der Waals surface area (Å²) in [4.78, 5) is 11.3. The van der Waals surface area contributed by atoms with Crippen LogP contribution in [-0.2, 0) is 42.7 Å². The average molecular weight is 708 g/mol. The highest BCUT2D eigenvalue weighted by Crippen LogP contribution is 2.33. The van der Waals surface area contributed by atoms with Crippen molar-refractivity contribution in [2.45, 2.75) is 130 Å². The van der Waals surface area contributed by atoms with Gasteiger partial charge in [0.05, 0.1) is 25.9 Å². The number of aliphatic hydroxyl groups excluding tert-OH is 12. The van der Waals surface area contributed by atoms with Crippen molar-refractivity contribution < 1.29 is 104 Å². The van der Waals surface area contributed by atoms with Crippen LogP contribution in [0.15, 0.2) is 0 Å². The van der Waals surface area contributed by atoms with E-state index in [9.17, 15) is 66.1 Å². The molecule has 48 heavy (non-hydrogen) atoms. The molecule has 0 spiro atoms. The number of carbonyl (C=O) groups excluding carboxylic acids is 1. The van der Waals surface area contributed by atoms with Crippen LogP contribution in [0.5, 0.6) is 0 Å². The molecule has 4 rings (SSSR count). The third-order valence-electron chi connectivity index (χ3n) is 8.54. The Balaban J connectivity index is 1.50. The molecule has 4 aliphatic rings. The van der Waals surface area contributed by atoms with Gasteiger partial charge in [-0.2, -0.15) is 0 Å². The SMILES string of the molecule is CC(=O)OC[C@H]1O[C@H](O[C@@H]2[C@H](O[C@@H]3O[C@H](CO[C@H]4O[C@H](CO)[C@@H](O)[C@H](O)[C@H]4O)[C@@H](O)[C@H](O)[C@H]3O)[C@@H](N)[C@@H](O)O[C@@H]2CO)[C@H](O)[C@@H](O)[C@@H]1O. The standard InChI is InChI=1S/C26H45NO21/c1-6(30)41-4-9-13(32)16(35)19(38)25(45-9)47-21-8(3-29)43-23(40)11(27)22(21)48-26-20(39)17(36)14(33)10(46-26)5-42-24-18(37)15(34)12(31)7(2-28)44-24/h7-26,28-29,31-40H,2-5,27H2,1H3/t7-,8-,9-,10-,11-,12-,13-,14-,15+,16+,17+,18-,19-,20-,21+,22-,23+,24+,25-,26+/m1/s1. The second kappa shape index (κ2) is 16.8. The summed E-state index contributed by atoms with van der Waals surface area (Å²) in [5.74, 6) is -0.742. The van der Waals surface area contributed by atoms with E-state index in [1.807, 2.05) is 0 Å². The highest BCUT2D eigenvalue weighted by molar-refractivity contribution is 5.65. The predicted molar refractivity (Wildman–Crippen MR) is 145 cm³/mol. The maximum absolute atomic E-state index is 11.3. The van der Waals surface area contributed by atoms with Crippen LogP contribution >= 0.6 is 0 Å². The van der Waals surface area contributed by atoms with Crippen molar-refractivity contribution in [3.63, 3.8) is 0 Å². The van der Waals surface area contributed by atoms with Gasteiger partial charge in [0, 0.05) is 6.92 Å². The van der Waals surface area contributed by atoms with E-state index < -0.39 is 155 Å². The van der Waals surface area contributed by atoms with Gasteiger partial charge in [0.2, 0.25) is 0 Å². The van der Waals surface area contributed by atoms with Crippen molar-refractivity contribution in [1.82, 2.24) is 0 Å². The zero-order valence-corrected chi connectivity index (χ0v) is 25.5. The van der Waals surface area contributed by atoms with E-state index in [0.29, 0.717) is 0 Å². The Labute approximate surface area is 272 Å². The lowest BCUT2D eigenvalue weighted by atomic mass is 9.95. The van der Waals surface area contributed by atoms with E-state index >= 15 is 0 Å². The van der Waals surface area contributed by atoms with Crippen LogP contribution in [-0.4, -0.2) is 216 Å². The summed E-state index contributed by atoms with van der Waals surface area (Å²) in [5, 5.41) is 123. The maximum atomic E-state index is 11.3. The van der Waals surface area contributed by atoms with Crippen LogP contribution in [0.25, 0.3) is 0 Å². The van der Waals surface area contributed by atoms with Gasteiger partial charge in [-0.05, 0) is 0 Å². The molecule has 4 saturated heterocycles. The van der Waals surface area contributed by atoms with Crippen LogP contribution in [0.2, 0.25) is 0 Å². The summed E-state index contributed by atoms with van der Waals surface area (Å²) in [7, 11) is 0. The molecule has 0 saturated carbocycles. The largest absolute Gasteiger partial charge is 0.463 e. The van der Waals surface area contributed by atoms with E-state index in [1.165, 1.54) is 0 Å². The molecule has 22 heteroatoms. The van der Waals surface area contributed by atoms with Gasteiger partial charge in [0.25, 0.3) is 0 Å². The lowest BCUT2D eigenvalue weighted by Gasteiger charge is -2.49. The van der Waals surface area contributed by atoms with Gasteiger partial charge in [0.1, 0.15) is 98.2 Å². The van der Waals surface area contributed by atoms with Gasteiger partial charge in [-0.15, -0.1) is 0 Å². The Hall–Kier alpha value is -1.33. The lowest BCUT2D eigenvalue weighted by molar-refractivity contribution is -0.374. The fourth-order valence-electron chi connectivity index (χ4n) is 5.66. The maximum Gasteiger partial charge on any atom is 0.302 e. The molecule has 0 aromatic carbocycles. The van der Waals surface area contributed by atoms with E-state index in [-0.39, 0.29) is 0 Å². The third kappa shape index (κ3) is 8.41. The van der Waals surface area contributed by atoms with Crippen LogP contribution in [0.3, 0.4) is 0 Å². The summed E-state index contributed by atoms with van der Waals surface area (Å²) >= 11 is 0. The fourth-order valence-corrected chi connectivity index (χ4v) is 5.66. The van der Waals surface area contributed by atoms with Gasteiger partial charge < -0.3 is 105 Å². The highest BCUT2D eigenvalue weighted by Gasteiger charge is 2.54. The van der Waals surface area contributed by atoms with Gasteiger partial charge >= 0.3 is 5.97 Å². The van der Waals surface area contributed by atoms with Crippen LogP contribution < -0.4 is 5.73 Å². The Morgan fingerprint density at radius 3 is 1.50 bits per heavy atom. The second-order valence-electron chi connectivity index (χ2n) is 11.9. The van der Waals surface area contributed by atoms with E-state index in [2.05, 4.69) is 0 Å². The van der Waals surface area contributed by atoms with E-state index in [1.54, 1.807) is 0 Å². The molecule has 0 aromatic heterocycles. The minimum absolute atomic E-state index is 0.558. The molecule has 4 heterocycles. The minimum atomic E-state index is -1.99. The molecule has 280 valence electrons. The second-order valence-corrected chi connectivity index (χ2v) is 11.9. The molecule has 0 amide bonds. The van der Waals surface area contributed by atoms with Gasteiger partial charge in [0.15, 0.2) is 25.2 Å². The summed E-state index contributed by atoms with van der Waals surface area (Å²) in [5.41, 5.74) is 6.11. The lowest BCUT2D eigenvalue weighted by Crippen LogP contribution is -2.68. The molecule has 0 aliphatic carbocycles. The topological polar surface area (TPSA) is 360 Å². The number of ether oxygens (including phenoxy) is 8. The van der Waals surface area contributed by atoms with E-state index in [4.69, 9.17) is 43.6 Å². The first kappa shape index (κ1) is 39.5. The zero-order valence-electron chi connectivity index (χ0n) is 25.5. The number of aliphatic hydroxyl groups is 12. The van der Waals surface area contributed by atoms with Crippen LogP contribution in [0.1, 0.15) is 6.92 Å². The number of esters is 1. The van der Waals surface area contributed by atoms with Crippen LogP contribution in [0, 0.1) is 0 Å². The molecule has 22 nitrogen and oxygen atoms in total. The molecule has 20 atom stereocenters. The predicted octanol–water partition coefficient (Wildman–Crippen LogP) is -9.21. The Morgan fingerprint density at radius 1 is 0.562 bits per heavy atom. The summed E-state index contributed by atoms with van der Waals surface area (Å²) < 4.78 is 43.5. The number of hydrogen-bond donors (Lipinski definition) is 13. The third-order valence-corrected chi connectivity index (χ3v) is 8.54. The van der Waals surface area contributed by atoms with Crippen molar-refractivity contribution in [3.8, 4) is 0 Å². The first-order valence-corrected chi connectivity index (χ1v) is 15.1. The van der Waals surface area contributed by atoms with Crippen molar-refractivity contribution in [2.75, 3.05) is 26.4 Å². The molecule has 0 aromatic rings. The Kier molecular flexibility index (Phi) is 13.8. The monoisotopic (exact) mass is 707 g/mol. The van der Waals surface area contributed by atoms with Crippen LogP contribution in [0.4, 0.5) is 0 Å². The first-order valence-electron chi connectivity index (χ1n) is 15.1. The van der Waals surface area contributed by atoms with Gasteiger partial charge in [-0.1, -0.05) is 0 Å². The number of rotatable bonds is 11. The first-order chi connectivity index (χ1) is 22.6. The van der Waals surface area contributed by atoms with Crippen molar-refractivity contribution >= 4 is 5.97 Å². The average Bonchev–Trinajstić information content (AvgIpc) is 3.06. The number of carbonyl (C=O) groups is 1. The fraction of sp³-hybridized carbons (Fsp3) is 0.962. The smallest absolute Gasteiger partial charge is 0.302 e. The normalized spacial score (nSPS) is 50.2. The molecule has 0 bridgehead atoms. The summed E-state index contributed by atoms with van der Waals surface area (Å²) in [6, 6.07) is -1.55. The Bertz CT molecular complexity index is 1030.